The Labute approximate surface area is 311 Å². The third-order valence-corrected chi connectivity index (χ3v) is 10.7. The largest absolute Gasteiger partial charge is 0.488 e. The second-order valence-corrected chi connectivity index (χ2v) is 17.9. The quantitative estimate of drug-likeness (QED) is 0.257. The Morgan fingerprint density at radius 2 is 1.74 bits per heavy atom. The molecule has 1 saturated carbocycles. The van der Waals surface area contributed by atoms with Gasteiger partial charge in [0.2, 0.25) is 21.8 Å². The maximum absolute atomic E-state index is 14.4. The molecular weight excluding hydrogens is 743 g/mol. The van der Waals surface area contributed by atoms with Crippen molar-refractivity contribution in [3.8, 4) is 5.75 Å². The van der Waals surface area contributed by atoms with E-state index in [0.717, 1.165) is 4.90 Å². The van der Waals surface area contributed by atoms with Crippen LogP contribution in [0.4, 0.5) is 18.0 Å². The maximum Gasteiger partial charge on any atom is 0.433 e. The van der Waals surface area contributed by atoms with Gasteiger partial charge in [0.25, 0.3) is 5.91 Å². The van der Waals surface area contributed by atoms with Crippen LogP contribution in [0.15, 0.2) is 36.9 Å². The summed E-state index contributed by atoms with van der Waals surface area (Å²) in [6.45, 7) is 14.5. The molecule has 2 heterocycles. The molecule has 2 fully saturated rings. The zero-order valence-corrected chi connectivity index (χ0v) is 32.1. The summed E-state index contributed by atoms with van der Waals surface area (Å²) in [4.78, 5) is 59.7. The number of aromatic nitrogens is 1. The summed E-state index contributed by atoms with van der Waals surface area (Å²) in [5.74, 6) is -2.93. The summed E-state index contributed by atoms with van der Waals surface area (Å²) >= 11 is 6.22. The highest BCUT2D eigenvalue weighted by atomic mass is 35.5. The number of pyridine rings is 1. The van der Waals surface area contributed by atoms with Crippen LogP contribution in [0.3, 0.4) is 0 Å². The summed E-state index contributed by atoms with van der Waals surface area (Å²) in [6.07, 6.45) is -5.30. The maximum atomic E-state index is 14.4. The van der Waals surface area contributed by atoms with Crippen molar-refractivity contribution in [3.63, 3.8) is 0 Å². The standard InChI is InChI=1S/C35H45ClF3N5O8S/c1-9-15-34(8,30(47)43-53(49,50)20-13-14-20)42-28(45)23-16-19(18-44(23)29(46)27(32(2,3)4)41-31(48)52-33(5,6)7)51-24-17-25(35(37,38)39)40-26-21(24)11-10-12-22(26)36/h9-12,17,19-20,23,27H,1,13-16,18H2,2-8H3,(H,41,48)(H,42,45)(H,43,47)/t19-,23+,27-,34-/m1/s1. The topological polar surface area (TPSA) is 173 Å². The highest BCUT2D eigenvalue weighted by Crippen LogP contribution is 2.38. The minimum atomic E-state index is -4.87. The van der Waals surface area contributed by atoms with Gasteiger partial charge in [0.15, 0.2) is 0 Å². The predicted molar refractivity (Wildman–Crippen MR) is 190 cm³/mol. The van der Waals surface area contributed by atoms with Crippen LogP contribution >= 0.6 is 11.6 Å². The van der Waals surface area contributed by atoms with Crippen molar-refractivity contribution in [1.82, 2.24) is 25.2 Å². The summed E-state index contributed by atoms with van der Waals surface area (Å²) in [7, 11) is -4.01. The second-order valence-electron chi connectivity index (χ2n) is 15.6. The number of sulfonamides is 1. The van der Waals surface area contributed by atoms with Crippen LogP contribution in [0.5, 0.6) is 5.75 Å². The molecule has 0 radical (unpaired) electrons. The Morgan fingerprint density at radius 1 is 1.09 bits per heavy atom. The molecule has 4 amide bonds. The van der Waals surface area contributed by atoms with Crippen molar-refractivity contribution in [2.75, 3.05) is 6.54 Å². The fourth-order valence-electron chi connectivity index (χ4n) is 5.77. The lowest BCUT2D eigenvalue weighted by Crippen LogP contribution is -2.62. The molecule has 1 aliphatic carbocycles. The van der Waals surface area contributed by atoms with Crippen molar-refractivity contribution in [2.24, 2.45) is 5.41 Å². The first-order valence-electron chi connectivity index (χ1n) is 16.9. The number of para-hydroxylation sites is 1. The van der Waals surface area contributed by atoms with Crippen molar-refractivity contribution in [3.05, 3.63) is 47.6 Å². The first-order chi connectivity index (χ1) is 24.3. The van der Waals surface area contributed by atoms with E-state index in [4.69, 9.17) is 21.1 Å². The fourth-order valence-corrected chi connectivity index (χ4v) is 7.39. The Kier molecular flexibility index (Phi) is 11.7. The molecule has 2 aliphatic rings. The minimum Gasteiger partial charge on any atom is -0.488 e. The van der Waals surface area contributed by atoms with Gasteiger partial charge in [-0.05, 0) is 64.5 Å². The van der Waals surface area contributed by atoms with Crippen molar-refractivity contribution < 1.29 is 50.2 Å². The van der Waals surface area contributed by atoms with E-state index in [1.54, 1.807) is 41.5 Å². The normalized spacial score (nSPS) is 19.9. The Bertz CT molecular complexity index is 1890. The van der Waals surface area contributed by atoms with Crippen LogP contribution in [0, 0.1) is 5.41 Å². The molecule has 1 saturated heterocycles. The lowest BCUT2D eigenvalue weighted by Gasteiger charge is -2.36. The molecule has 3 N–H and O–H groups in total. The number of rotatable bonds is 11. The summed E-state index contributed by atoms with van der Waals surface area (Å²) in [5, 5.41) is 4.50. The van der Waals surface area contributed by atoms with Gasteiger partial charge in [0, 0.05) is 17.9 Å². The number of halogens is 4. The number of hydrogen-bond donors (Lipinski definition) is 3. The Morgan fingerprint density at radius 3 is 2.28 bits per heavy atom. The first kappa shape index (κ1) is 41.6. The predicted octanol–water partition coefficient (Wildman–Crippen LogP) is 5.25. The number of fused-ring (bicyclic) bond motifs is 1. The molecule has 53 heavy (non-hydrogen) atoms. The Balaban J connectivity index is 1.73. The minimum absolute atomic E-state index is 0.0661. The number of ether oxygens (including phenoxy) is 2. The van der Waals surface area contributed by atoms with Gasteiger partial charge in [-0.15, -0.1) is 6.58 Å². The van der Waals surface area contributed by atoms with Gasteiger partial charge in [0.1, 0.15) is 40.8 Å². The highest BCUT2D eigenvalue weighted by Gasteiger charge is 2.49. The van der Waals surface area contributed by atoms with E-state index in [1.807, 2.05) is 4.72 Å². The van der Waals surface area contributed by atoms with Crippen LogP contribution in [-0.4, -0.2) is 83.2 Å². The van der Waals surface area contributed by atoms with Gasteiger partial charge < -0.3 is 25.0 Å². The third kappa shape index (κ3) is 10.1. The van der Waals surface area contributed by atoms with Crippen molar-refractivity contribution >= 4 is 56.3 Å². The van der Waals surface area contributed by atoms with E-state index in [2.05, 4.69) is 22.2 Å². The van der Waals surface area contributed by atoms with Gasteiger partial charge in [-0.2, -0.15) is 13.2 Å². The smallest absolute Gasteiger partial charge is 0.433 e. The molecule has 0 bridgehead atoms. The van der Waals surface area contributed by atoms with Crippen LogP contribution in [-0.2, 0) is 35.3 Å². The number of hydrogen-bond acceptors (Lipinski definition) is 9. The number of alkyl halides is 3. The van der Waals surface area contributed by atoms with Crippen LogP contribution < -0.4 is 20.1 Å². The van der Waals surface area contributed by atoms with Crippen LogP contribution in [0.1, 0.15) is 79.8 Å². The number of nitrogens with zero attached hydrogens (tertiary/aromatic N) is 2. The van der Waals surface area contributed by atoms with E-state index >= 15 is 0 Å². The van der Waals surface area contributed by atoms with E-state index in [0.29, 0.717) is 18.9 Å². The number of nitrogens with one attached hydrogen (secondary N) is 3. The third-order valence-electron chi connectivity index (χ3n) is 8.61. The summed E-state index contributed by atoms with van der Waals surface area (Å²) in [5.41, 5.74) is -5.19. The van der Waals surface area contributed by atoms with Crippen LogP contribution in [0.2, 0.25) is 5.02 Å². The number of amides is 4. The van der Waals surface area contributed by atoms with Gasteiger partial charge >= 0.3 is 12.3 Å². The van der Waals surface area contributed by atoms with E-state index < -0.39 is 85.7 Å². The Hall–Kier alpha value is -4.12. The van der Waals surface area contributed by atoms with E-state index in [9.17, 15) is 40.8 Å². The lowest BCUT2D eigenvalue weighted by atomic mass is 9.85. The van der Waals surface area contributed by atoms with Crippen LogP contribution in [0.25, 0.3) is 10.9 Å². The molecular formula is C35H45ClF3N5O8S. The monoisotopic (exact) mass is 787 g/mol. The number of carbonyl (C=O) groups excluding carboxylic acids is 4. The summed E-state index contributed by atoms with van der Waals surface area (Å²) < 4.78 is 80.6. The van der Waals surface area contributed by atoms with Gasteiger partial charge in [-0.1, -0.05) is 44.5 Å². The molecule has 4 atom stereocenters. The van der Waals surface area contributed by atoms with E-state index in [-0.39, 0.29) is 41.1 Å². The molecule has 292 valence electrons. The first-order valence-corrected chi connectivity index (χ1v) is 18.8. The number of likely N-dealkylation sites (tertiary alicyclic amines) is 1. The second kappa shape index (κ2) is 15.0. The zero-order valence-electron chi connectivity index (χ0n) is 30.5. The highest BCUT2D eigenvalue weighted by molar-refractivity contribution is 7.91. The van der Waals surface area contributed by atoms with Gasteiger partial charge in [-0.25, -0.2) is 18.2 Å². The van der Waals surface area contributed by atoms with Crippen molar-refractivity contribution in [1.29, 1.82) is 0 Å². The fraction of sp³-hybridized carbons (Fsp3) is 0.571. The molecule has 1 aromatic carbocycles. The molecule has 0 unspecified atom stereocenters. The number of alkyl carbamates (subject to hydrolysis) is 1. The van der Waals surface area contributed by atoms with Gasteiger partial charge in [0.05, 0.1) is 22.3 Å². The van der Waals surface area contributed by atoms with Crippen molar-refractivity contribution in [2.45, 2.75) is 115 Å². The molecule has 1 aromatic heterocycles. The average Bonchev–Trinajstić information content (AvgIpc) is 3.79. The van der Waals surface area contributed by atoms with E-state index in [1.165, 1.54) is 31.2 Å². The lowest BCUT2D eigenvalue weighted by molar-refractivity contribution is -0.143. The molecule has 18 heteroatoms. The number of benzene rings is 1. The molecule has 2 aromatic rings. The molecule has 4 rings (SSSR count). The molecule has 13 nitrogen and oxygen atoms in total. The molecule has 1 aliphatic heterocycles. The SMILES string of the molecule is C=CC[C@@](C)(NC(=O)[C@@H]1C[C@@H](Oc2cc(C(F)(F)F)nc3c(Cl)cccc23)CN1C(=O)[C@@H](NC(=O)OC(C)(C)C)C(C)(C)C)C(=O)NS(=O)(=O)C1CC1. The summed E-state index contributed by atoms with van der Waals surface area (Å²) in [6, 6.07) is 2.34. The zero-order chi connectivity index (χ0) is 39.9. The average molecular weight is 788 g/mol. The molecule has 0 spiro atoms. The number of carbonyl (C=O) groups is 4. The van der Waals surface area contributed by atoms with Gasteiger partial charge in [-0.3, -0.25) is 19.1 Å².